The Hall–Kier alpha value is -1.93. The van der Waals surface area contributed by atoms with Gasteiger partial charge in [-0.25, -0.2) is 15.1 Å². The lowest BCUT2D eigenvalue weighted by Gasteiger charge is -2.14. The molecule has 2 heterocycles. The number of rotatable bonds is 3. The molecule has 0 spiro atoms. The average molecular weight is 272 g/mol. The van der Waals surface area contributed by atoms with E-state index in [2.05, 4.69) is 15.4 Å². The molecule has 0 aliphatic carbocycles. The van der Waals surface area contributed by atoms with E-state index < -0.39 is 11.3 Å². The van der Waals surface area contributed by atoms with E-state index in [1.54, 1.807) is 23.2 Å². The summed E-state index contributed by atoms with van der Waals surface area (Å²) in [4.78, 5) is 15.8. The standard InChI is InChI=1S/C9H10ClN5O3/c10-7-2-1-6(3-11-7)4-14-5-8(16)12-9(14)13-15(17)18/h1-3,8,16H,4-5H2,(H,12,13). The molecule has 1 unspecified atom stereocenters. The molecule has 18 heavy (non-hydrogen) atoms. The number of nitrogens with one attached hydrogen (secondary N) is 1. The largest absolute Gasteiger partial charge is 0.372 e. The molecular formula is C9H10ClN5O3. The molecule has 0 aromatic carbocycles. The number of aliphatic hydroxyl groups excluding tert-OH is 1. The van der Waals surface area contributed by atoms with Crippen LogP contribution >= 0.6 is 11.6 Å². The Morgan fingerprint density at radius 1 is 1.72 bits per heavy atom. The molecule has 2 rings (SSSR count). The zero-order valence-electron chi connectivity index (χ0n) is 9.15. The van der Waals surface area contributed by atoms with E-state index in [0.717, 1.165) is 5.56 Å². The van der Waals surface area contributed by atoms with Gasteiger partial charge in [0.1, 0.15) is 16.5 Å². The van der Waals surface area contributed by atoms with Crippen molar-refractivity contribution in [1.29, 1.82) is 0 Å². The van der Waals surface area contributed by atoms with Gasteiger partial charge in [0.15, 0.2) is 5.03 Å². The predicted octanol–water partition coefficient (Wildman–Crippen LogP) is 0.00630. The third-order valence-electron chi connectivity index (χ3n) is 2.33. The third-order valence-corrected chi connectivity index (χ3v) is 2.55. The van der Waals surface area contributed by atoms with Crippen molar-refractivity contribution in [3.05, 3.63) is 39.2 Å². The monoisotopic (exact) mass is 271 g/mol. The highest BCUT2D eigenvalue weighted by atomic mass is 35.5. The summed E-state index contributed by atoms with van der Waals surface area (Å²) in [5, 5.41) is 25.0. The second-order valence-electron chi connectivity index (χ2n) is 3.69. The number of hydrogen-bond acceptors (Lipinski definition) is 4. The maximum atomic E-state index is 10.3. The van der Waals surface area contributed by atoms with Crippen molar-refractivity contribution < 1.29 is 10.1 Å². The van der Waals surface area contributed by atoms with Gasteiger partial charge in [0.2, 0.25) is 0 Å². The number of β-amino-alcohol motifs (C(OH)–C–C–N with tert-alkyl or cyclic N) is 1. The molecule has 0 amide bonds. The second kappa shape index (κ2) is 5.15. The summed E-state index contributed by atoms with van der Waals surface area (Å²) in [5.74, 6) is 0.0300. The molecule has 1 atom stereocenters. The lowest BCUT2D eigenvalue weighted by molar-refractivity contribution is -0.485. The van der Waals surface area contributed by atoms with Crippen LogP contribution in [0.3, 0.4) is 0 Å². The van der Waals surface area contributed by atoms with E-state index in [9.17, 15) is 15.2 Å². The van der Waals surface area contributed by atoms with E-state index >= 15 is 0 Å². The minimum Gasteiger partial charge on any atom is -0.372 e. The van der Waals surface area contributed by atoms with Crippen LogP contribution in [0, 0.1) is 10.1 Å². The summed E-state index contributed by atoms with van der Waals surface area (Å²) >= 11 is 5.66. The number of halogens is 1. The van der Waals surface area contributed by atoms with Gasteiger partial charge >= 0.3 is 0 Å². The van der Waals surface area contributed by atoms with Crippen molar-refractivity contribution in [2.24, 2.45) is 5.10 Å². The number of nitro groups is 1. The average Bonchev–Trinajstić information content (AvgIpc) is 2.61. The molecule has 1 aromatic rings. The summed E-state index contributed by atoms with van der Waals surface area (Å²) in [5.41, 5.74) is 0.811. The highest BCUT2D eigenvalue weighted by Gasteiger charge is 2.28. The molecule has 8 nitrogen and oxygen atoms in total. The lowest BCUT2D eigenvalue weighted by Crippen LogP contribution is -2.31. The molecule has 96 valence electrons. The lowest BCUT2D eigenvalue weighted by atomic mass is 10.3. The van der Waals surface area contributed by atoms with Crippen molar-refractivity contribution in [1.82, 2.24) is 15.2 Å². The number of hydrazone groups is 1. The zero-order chi connectivity index (χ0) is 13.1. The zero-order valence-corrected chi connectivity index (χ0v) is 9.91. The summed E-state index contributed by atoms with van der Waals surface area (Å²) in [6.45, 7) is 0.566. The SMILES string of the molecule is O=[N+]([O-])/N=C1/NC(O)CN1Cc1ccc(Cl)nc1. The first-order chi connectivity index (χ1) is 8.54. The van der Waals surface area contributed by atoms with Gasteiger partial charge in [-0.1, -0.05) is 17.7 Å². The number of guanidine groups is 1. The quantitative estimate of drug-likeness (QED) is 0.456. The molecule has 2 N–H and O–H groups in total. The molecule has 1 aromatic heterocycles. The smallest absolute Gasteiger partial charge is 0.273 e. The van der Waals surface area contributed by atoms with Crippen LogP contribution in [-0.4, -0.2) is 38.8 Å². The number of aromatic nitrogens is 1. The topological polar surface area (TPSA) is 104 Å². The number of nitrogens with zero attached hydrogens (tertiary/aromatic N) is 4. The number of hydrogen-bond donors (Lipinski definition) is 2. The molecule has 0 bridgehead atoms. The second-order valence-corrected chi connectivity index (χ2v) is 4.08. The summed E-state index contributed by atoms with van der Waals surface area (Å²) in [6.07, 6.45) is 0.695. The summed E-state index contributed by atoms with van der Waals surface area (Å²) in [6, 6.07) is 3.38. The van der Waals surface area contributed by atoms with Crippen molar-refractivity contribution >= 4 is 17.6 Å². The molecule has 9 heteroatoms. The van der Waals surface area contributed by atoms with Gasteiger partial charge in [-0.15, -0.1) is 0 Å². The fourth-order valence-electron chi connectivity index (χ4n) is 1.61. The van der Waals surface area contributed by atoms with E-state index in [-0.39, 0.29) is 12.5 Å². The minimum atomic E-state index is -0.871. The molecule has 1 aliphatic heterocycles. The Labute approximate surface area is 107 Å². The van der Waals surface area contributed by atoms with Gasteiger partial charge in [-0.2, -0.15) is 0 Å². The molecule has 1 fully saturated rings. The van der Waals surface area contributed by atoms with Crippen LogP contribution in [-0.2, 0) is 6.54 Å². The van der Waals surface area contributed by atoms with E-state index in [1.165, 1.54) is 0 Å². The van der Waals surface area contributed by atoms with Gasteiger partial charge in [0, 0.05) is 12.7 Å². The number of aliphatic hydroxyl groups is 1. The van der Waals surface area contributed by atoms with Crippen molar-refractivity contribution in [2.45, 2.75) is 12.8 Å². The van der Waals surface area contributed by atoms with E-state index in [4.69, 9.17) is 11.6 Å². The van der Waals surface area contributed by atoms with Gasteiger partial charge < -0.3 is 15.3 Å². The van der Waals surface area contributed by atoms with E-state index in [1.807, 2.05) is 0 Å². The molecule has 0 saturated carbocycles. The van der Waals surface area contributed by atoms with Gasteiger partial charge in [0.05, 0.1) is 6.54 Å². The maximum absolute atomic E-state index is 10.3. The molecule has 1 saturated heterocycles. The first kappa shape index (κ1) is 12.5. The highest BCUT2D eigenvalue weighted by Crippen LogP contribution is 2.11. The number of pyridine rings is 1. The van der Waals surface area contributed by atoms with Crippen LogP contribution in [0.2, 0.25) is 5.15 Å². The normalized spacial score (nSPS) is 21.1. The summed E-state index contributed by atoms with van der Waals surface area (Å²) < 4.78 is 0. The van der Waals surface area contributed by atoms with Gasteiger partial charge in [-0.05, 0) is 11.6 Å². The van der Waals surface area contributed by atoms with Crippen molar-refractivity contribution in [3.8, 4) is 0 Å². The van der Waals surface area contributed by atoms with Crippen LogP contribution in [0.1, 0.15) is 5.56 Å². The Bertz CT molecular complexity index is 478. The molecular weight excluding hydrogens is 262 g/mol. The maximum Gasteiger partial charge on any atom is 0.273 e. The first-order valence-electron chi connectivity index (χ1n) is 5.07. The van der Waals surface area contributed by atoms with Crippen LogP contribution < -0.4 is 5.32 Å². The fraction of sp³-hybridized carbons (Fsp3) is 0.333. The Morgan fingerprint density at radius 3 is 3.11 bits per heavy atom. The highest BCUT2D eigenvalue weighted by molar-refractivity contribution is 6.29. The third kappa shape index (κ3) is 3.05. The Balaban J connectivity index is 2.12. The van der Waals surface area contributed by atoms with Crippen molar-refractivity contribution in [2.75, 3.05) is 6.54 Å². The van der Waals surface area contributed by atoms with Gasteiger partial charge in [-0.3, -0.25) is 0 Å². The molecule has 0 radical (unpaired) electrons. The van der Waals surface area contributed by atoms with Crippen LogP contribution in [0.15, 0.2) is 23.4 Å². The minimum absolute atomic E-state index is 0.0300. The van der Waals surface area contributed by atoms with Crippen molar-refractivity contribution in [3.63, 3.8) is 0 Å². The van der Waals surface area contributed by atoms with Crippen LogP contribution in [0.25, 0.3) is 0 Å². The first-order valence-corrected chi connectivity index (χ1v) is 5.45. The predicted molar refractivity (Wildman–Crippen MR) is 63.2 cm³/mol. The Morgan fingerprint density at radius 2 is 2.50 bits per heavy atom. The Kier molecular flexibility index (Phi) is 3.58. The van der Waals surface area contributed by atoms with Gasteiger partial charge in [0.25, 0.3) is 5.96 Å². The van der Waals surface area contributed by atoms with Crippen LogP contribution in [0.4, 0.5) is 0 Å². The van der Waals surface area contributed by atoms with Crippen LogP contribution in [0.5, 0.6) is 0 Å². The fourth-order valence-corrected chi connectivity index (χ4v) is 1.72. The summed E-state index contributed by atoms with van der Waals surface area (Å²) in [7, 11) is 0. The van der Waals surface area contributed by atoms with E-state index in [0.29, 0.717) is 11.7 Å². The molecule has 1 aliphatic rings.